The number of aromatic nitrogens is 4. The lowest BCUT2D eigenvalue weighted by Gasteiger charge is -2.31. The lowest BCUT2D eigenvalue weighted by atomic mass is 9.71. The van der Waals surface area contributed by atoms with Gasteiger partial charge in [-0.25, -0.2) is 0 Å². The molecule has 2 aliphatic rings. The van der Waals surface area contributed by atoms with Crippen LogP contribution in [0.15, 0.2) is 6.07 Å². The summed E-state index contributed by atoms with van der Waals surface area (Å²) in [4.78, 5) is 13.0. The summed E-state index contributed by atoms with van der Waals surface area (Å²) in [5.74, 6) is 1.02. The number of hydrogen-bond donors (Lipinski definition) is 1. The van der Waals surface area contributed by atoms with E-state index in [4.69, 9.17) is 27.9 Å². The third kappa shape index (κ3) is 2.48. The number of hydrogen-bond acceptors (Lipinski definition) is 5. The number of aromatic amines is 1. The number of nitrogens with one attached hydrogen (secondary N) is 1. The van der Waals surface area contributed by atoms with E-state index >= 15 is 0 Å². The van der Waals surface area contributed by atoms with Crippen LogP contribution in [0.3, 0.4) is 0 Å². The Kier molecular flexibility index (Phi) is 3.96. The normalized spacial score (nSPS) is 18.8. The molecule has 0 radical (unpaired) electrons. The van der Waals surface area contributed by atoms with Crippen molar-refractivity contribution in [3.63, 3.8) is 0 Å². The van der Waals surface area contributed by atoms with Crippen molar-refractivity contribution in [3.8, 4) is 5.75 Å². The molecule has 6 nitrogen and oxygen atoms in total. The molecule has 0 saturated heterocycles. The lowest BCUT2D eigenvalue weighted by Crippen LogP contribution is -2.30. The van der Waals surface area contributed by atoms with Crippen LogP contribution in [0.25, 0.3) is 0 Å². The van der Waals surface area contributed by atoms with E-state index in [9.17, 15) is 4.79 Å². The van der Waals surface area contributed by atoms with Crippen LogP contribution >= 0.6 is 23.2 Å². The number of nitrogens with zero attached hydrogens (tertiary/aromatic N) is 3. The van der Waals surface area contributed by atoms with Crippen molar-refractivity contribution in [1.29, 1.82) is 0 Å². The number of fused-ring (bicyclic) bond motifs is 1. The maximum Gasteiger partial charge on any atom is 0.211 e. The molecule has 0 amide bonds. The molecule has 2 aromatic rings. The van der Waals surface area contributed by atoms with E-state index in [1.54, 1.807) is 0 Å². The number of rotatable bonds is 3. The molecule has 1 fully saturated rings. The zero-order chi connectivity index (χ0) is 16.7. The SMILES string of the molecule is O=C1c2c(cc(OCc3nn[nH]n3)c(Cl)c2Cl)CC12CCCCC2. The fraction of sp³-hybridized carbons (Fsp3) is 0.500. The number of benzene rings is 1. The summed E-state index contributed by atoms with van der Waals surface area (Å²) in [5.41, 5.74) is 1.22. The molecule has 1 saturated carbocycles. The first-order valence-electron chi connectivity index (χ1n) is 8.01. The van der Waals surface area contributed by atoms with E-state index in [0.717, 1.165) is 37.7 Å². The van der Waals surface area contributed by atoms with Crippen LogP contribution in [0.4, 0.5) is 0 Å². The van der Waals surface area contributed by atoms with Crippen LogP contribution in [-0.4, -0.2) is 26.4 Å². The fourth-order valence-corrected chi connectivity index (χ4v) is 4.37. The van der Waals surface area contributed by atoms with Gasteiger partial charge in [-0.2, -0.15) is 5.21 Å². The second-order valence-electron chi connectivity index (χ2n) is 6.50. The summed E-state index contributed by atoms with van der Waals surface area (Å²) in [6, 6.07) is 1.84. The van der Waals surface area contributed by atoms with Gasteiger partial charge in [-0.1, -0.05) is 47.7 Å². The molecule has 0 bridgehead atoms. The third-order valence-corrected chi connectivity index (χ3v) is 5.90. The molecule has 0 aliphatic heterocycles. The zero-order valence-corrected chi connectivity index (χ0v) is 14.5. The van der Waals surface area contributed by atoms with E-state index in [1.807, 2.05) is 6.07 Å². The standard InChI is InChI=1S/C16H16Cl2N4O2/c17-13-10(24-8-11-19-21-22-20-11)6-9-7-16(4-2-1-3-5-16)15(23)12(9)14(13)18/h6H,1-5,7-8H2,(H,19,20,21,22). The Bertz CT molecular complexity index is 786. The highest BCUT2D eigenvalue weighted by Crippen LogP contribution is 2.51. The predicted molar refractivity (Wildman–Crippen MR) is 88.5 cm³/mol. The maximum atomic E-state index is 13.0. The molecular weight excluding hydrogens is 351 g/mol. The van der Waals surface area contributed by atoms with Crippen molar-refractivity contribution in [3.05, 3.63) is 33.1 Å². The van der Waals surface area contributed by atoms with Gasteiger partial charge >= 0.3 is 0 Å². The minimum absolute atomic E-state index is 0.129. The second kappa shape index (κ2) is 6.01. The van der Waals surface area contributed by atoms with E-state index < -0.39 is 0 Å². The Morgan fingerprint density at radius 2 is 2.00 bits per heavy atom. The largest absolute Gasteiger partial charge is 0.484 e. The van der Waals surface area contributed by atoms with Crippen molar-refractivity contribution in [1.82, 2.24) is 20.6 Å². The molecule has 1 heterocycles. The number of Topliss-reactive ketones (excluding diaryl/α,β-unsaturated/α-hetero) is 1. The highest BCUT2D eigenvalue weighted by atomic mass is 35.5. The highest BCUT2D eigenvalue weighted by Gasteiger charge is 2.47. The number of carbonyl (C=O) groups is 1. The summed E-state index contributed by atoms with van der Waals surface area (Å²) in [6.45, 7) is 0.129. The van der Waals surface area contributed by atoms with Gasteiger partial charge in [0, 0.05) is 11.0 Å². The van der Waals surface area contributed by atoms with Crippen LogP contribution in [0, 0.1) is 5.41 Å². The second-order valence-corrected chi connectivity index (χ2v) is 7.26. The van der Waals surface area contributed by atoms with E-state index in [-0.39, 0.29) is 22.8 Å². The van der Waals surface area contributed by atoms with Crippen LogP contribution in [0.2, 0.25) is 10.0 Å². The molecule has 126 valence electrons. The molecule has 1 spiro atoms. The summed E-state index contributed by atoms with van der Waals surface area (Å²) in [5, 5.41) is 14.1. The monoisotopic (exact) mass is 366 g/mol. The quantitative estimate of drug-likeness (QED) is 0.893. The number of ether oxygens (including phenoxy) is 1. The molecule has 1 N–H and O–H groups in total. The van der Waals surface area contributed by atoms with Gasteiger partial charge < -0.3 is 4.74 Å². The van der Waals surface area contributed by atoms with Gasteiger partial charge in [-0.15, -0.1) is 10.2 Å². The van der Waals surface area contributed by atoms with Gasteiger partial charge in [0.05, 0.1) is 5.02 Å². The van der Waals surface area contributed by atoms with Crippen LogP contribution in [-0.2, 0) is 13.0 Å². The van der Waals surface area contributed by atoms with E-state index in [2.05, 4.69) is 20.6 Å². The van der Waals surface area contributed by atoms with Gasteiger partial charge in [-0.3, -0.25) is 4.79 Å². The molecule has 0 atom stereocenters. The Labute approximate surface area is 148 Å². The molecule has 4 rings (SSSR count). The molecule has 0 unspecified atom stereocenters. The first-order valence-corrected chi connectivity index (χ1v) is 8.77. The average Bonchev–Trinajstić information content (AvgIpc) is 3.18. The molecule has 2 aliphatic carbocycles. The van der Waals surface area contributed by atoms with E-state index in [1.165, 1.54) is 6.42 Å². The Hall–Kier alpha value is -1.66. The van der Waals surface area contributed by atoms with Crippen molar-refractivity contribution < 1.29 is 9.53 Å². The van der Waals surface area contributed by atoms with Crippen molar-refractivity contribution in [2.24, 2.45) is 5.41 Å². The minimum Gasteiger partial charge on any atom is -0.484 e. The minimum atomic E-state index is -0.292. The summed E-state index contributed by atoms with van der Waals surface area (Å²) in [6.07, 6.45) is 5.94. The van der Waals surface area contributed by atoms with Gasteiger partial charge in [0.2, 0.25) is 5.82 Å². The molecular formula is C16H16Cl2N4O2. The third-order valence-electron chi connectivity index (χ3n) is 5.05. The smallest absolute Gasteiger partial charge is 0.211 e. The first-order chi connectivity index (χ1) is 11.6. The Morgan fingerprint density at radius 1 is 1.21 bits per heavy atom. The fourth-order valence-electron chi connectivity index (χ4n) is 3.87. The topological polar surface area (TPSA) is 80.8 Å². The van der Waals surface area contributed by atoms with Gasteiger partial charge in [-0.05, 0) is 30.9 Å². The number of ketones is 1. The summed E-state index contributed by atoms with van der Waals surface area (Å²) in [7, 11) is 0. The molecule has 8 heteroatoms. The van der Waals surface area contributed by atoms with Gasteiger partial charge in [0.25, 0.3) is 0 Å². The van der Waals surface area contributed by atoms with Crippen molar-refractivity contribution >= 4 is 29.0 Å². The summed E-state index contributed by atoms with van der Waals surface area (Å²) >= 11 is 12.8. The zero-order valence-electron chi connectivity index (χ0n) is 12.9. The van der Waals surface area contributed by atoms with Gasteiger partial charge in [0.1, 0.15) is 10.8 Å². The average molecular weight is 367 g/mol. The predicted octanol–water partition coefficient (Wildman–Crippen LogP) is 3.77. The van der Waals surface area contributed by atoms with Crippen molar-refractivity contribution in [2.75, 3.05) is 0 Å². The van der Waals surface area contributed by atoms with Crippen molar-refractivity contribution in [2.45, 2.75) is 45.1 Å². The molecule has 1 aromatic heterocycles. The number of halogens is 2. The van der Waals surface area contributed by atoms with E-state index in [0.29, 0.717) is 22.2 Å². The maximum absolute atomic E-state index is 13.0. The Morgan fingerprint density at radius 3 is 2.71 bits per heavy atom. The molecule has 24 heavy (non-hydrogen) atoms. The number of tetrazole rings is 1. The number of carbonyl (C=O) groups excluding carboxylic acids is 1. The Balaban J connectivity index is 1.66. The van der Waals surface area contributed by atoms with Crippen LogP contribution in [0.5, 0.6) is 5.75 Å². The lowest BCUT2D eigenvalue weighted by molar-refractivity contribution is 0.0748. The summed E-state index contributed by atoms with van der Waals surface area (Å²) < 4.78 is 5.69. The van der Waals surface area contributed by atoms with Crippen LogP contribution in [0.1, 0.15) is 53.8 Å². The van der Waals surface area contributed by atoms with Gasteiger partial charge in [0.15, 0.2) is 12.4 Å². The highest BCUT2D eigenvalue weighted by molar-refractivity contribution is 6.45. The van der Waals surface area contributed by atoms with Crippen LogP contribution < -0.4 is 4.74 Å². The number of H-pyrrole nitrogens is 1. The first kappa shape index (κ1) is 15.8. The molecule has 1 aromatic carbocycles.